The smallest absolute Gasteiger partial charge is 0.264 e. The first kappa shape index (κ1) is 20.3. The van der Waals surface area contributed by atoms with Gasteiger partial charge in [-0.2, -0.15) is 0 Å². The number of hydrogen-bond donors (Lipinski definition) is 2. The zero-order chi connectivity index (χ0) is 20.3. The van der Waals surface area contributed by atoms with Crippen LogP contribution in [0.25, 0.3) is 0 Å². The van der Waals surface area contributed by atoms with Crippen LogP contribution < -0.4 is 10.0 Å². The molecule has 2 fully saturated rings. The normalized spacial score (nSPS) is 20.8. The van der Waals surface area contributed by atoms with Gasteiger partial charge in [0.25, 0.3) is 10.0 Å². The van der Waals surface area contributed by atoms with Crippen molar-refractivity contribution in [3.05, 3.63) is 24.3 Å². The average molecular weight is 407 g/mol. The number of benzene rings is 1. The molecule has 0 aromatic heterocycles. The van der Waals surface area contributed by atoms with Gasteiger partial charge in [0.2, 0.25) is 17.7 Å². The van der Waals surface area contributed by atoms with Gasteiger partial charge in [-0.15, -0.1) is 0 Å². The van der Waals surface area contributed by atoms with E-state index in [2.05, 4.69) is 5.32 Å². The predicted octanol–water partition coefficient (Wildman–Crippen LogP) is 1.63. The average Bonchev–Trinajstić information content (AvgIpc) is 3.04. The molecule has 9 heteroatoms. The van der Waals surface area contributed by atoms with E-state index in [0.29, 0.717) is 12.2 Å². The van der Waals surface area contributed by atoms with E-state index in [4.69, 9.17) is 0 Å². The zero-order valence-electron chi connectivity index (χ0n) is 15.8. The molecule has 1 aliphatic heterocycles. The first-order valence-electron chi connectivity index (χ1n) is 9.50. The van der Waals surface area contributed by atoms with E-state index in [-0.39, 0.29) is 29.2 Å². The Labute approximate surface area is 164 Å². The minimum absolute atomic E-state index is 0.0313. The van der Waals surface area contributed by atoms with Gasteiger partial charge >= 0.3 is 0 Å². The Morgan fingerprint density at radius 3 is 2.32 bits per heavy atom. The number of rotatable bonds is 5. The van der Waals surface area contributed by atoms with Crippen molar-refractivity contribution >= 4 is 33.4 Å². The van der Waals surface area contributed by atoms with Crippen molar-refractivity contribution in [2.45, 2.75) is 56.4 Å². The Morgan fingerprint density at radius 1 is 1.07 bits per heavy atom. The molecule has 28 heavy (non-hydrogen) atoms. The third-order valence-corrected chi connectivity index (χ3v) is 6.70. The lowest BCUT2D eigenvalue weighted by atomic mass is 9.94. The minimum atomic E-state index is -3.91. The molecule has 0 spiro atoms. The van der Waals surface area contributed by atoms with Crippen LogP contribution in [0.5, 0.6) is 0 Å². The first-order valence-corrected chi connectivity index (χ1v) is 11.0. The zero-order valence-corrected chi connectivity index (χ0v) is 16.6. The van der Waals surface area contributed by atoms with Gasteiger partial charge < -0.3 is 10.2 Å². The second kappa shape index (κ2) is 8.30. The highest BCUT2D eigenvalue weighted by Crippen LogP contribution is 2.29. The third-order valence-electron chi connectivity index (χ3n) is 5.25. The van der Waals surface area contributed by atoms with Crippen molar-refractivity contribution in [3.8, 4) is 0 Å². The highest BCUT2D eigenvalue weighted by molar-refractivity contribution is 7.90. The molecule has 1 heterocycles. The van der Waals surface area contributed by atoms with Crippen molar-refractivity contribution < 1.29 is 22.8 Å². The van der Waals surface area contributed by atoms with Gasteiger partial charge in [0.1, 0.15) is 0 Å². The van der Waals surface area contributed by atoms with Crippen LogP contribution in [0.15, 0.2) is 29.2 Å². The molecule has 1 saturated carbocycles. The van der Waals surface area contributed by atoms with Gasteiger partial charge in [-0.25, -0.2) is 13.1 Å². The quantitative estimate of drug-likeness (QED) is 0.770. The van der Waals surface area contributed by atoms with E-state index in [1.54, 1.807) is 0 Å². The third kappa shape index (κ3) is 4.70. The summed E-state index contributed by atoms with van der Waals surface area (Å²) in [6, 6.07) is 5.80. The molecule has 1 aromatic rings. The van der Waals surface area contributed by atoms with Crippen molar-refractivity contribution in [1.29, 1.82) is 0 Å². The maximum atomic E-state index is 12.6. The van der Waals surface area contributed by atoms with E-state index in [1.807, 2.05) is 9.62 Å². The van der Waals surface area contributed by atoms with Crippen LogP contribution in [-0.2, 0) is 24.4 Å². The fourth-order valence-electron chi connectivity index (χ4n) is 3.86. The molecule has 3 amide bonds. The number of carbonyl (C=O) groups is 3. The van der Waals surface area contributed by atoms with E-state index in [1.165, 1.54) is 30.7 Å². The fourth-order valence-corrected chi connectivity index (χ4v) is 4.85. The summed E-state index contributed by atoms with van der Waals surface area (Å²) in [5.74, 6) is -1.30. The molecule has 2 N–H and O–H groups in total. The summed E-state index contributed by atoms with van der Waals surface area (Å²) < 4.78 is 25.8. The van der Waals surface area contributed by atoms with Crippen molar-refractivity contribution in [1.82, 2.24) is 9.62 Å². The Kier molecular flexibility index (Phi) is 6.02. The van der Waals surface area contributed by atoms with Gasteiger partial charge in [-0.1, -0.05) is 19.3 Å². The molecule has 0 bridgehead atoms. The standard InChI is InChI=1S/C19H25N3O5S/c1-13(23)21-28(26,27)17-9-7-15(8-10-17)20-19(25)14-11-18(24)22(12-14)16-5-3-2-4-6-16/h7-10,14,16H,2-6,11-12H2,1H3,(H,20,25)(H,21,23)/t14-/m0/s1. The molecular formula is C19H25N3O5S. The number of carbonyl (C=O) groups excluding carboxylic acids is 3. The molecule has 1 saturated heterocycles. The lowest BCUT2D eigenvalue weighted by Crippen LogP contribution is -2.38. The first-order chi connectivity index (χ1) is 13.3. The fraction of sp³-hybridized carbons (Fsp3) is 0.526. The summed E-state index contributed by atoms with van der Waals surface area (Å²) >= 11 is 0. The summed E-state index contributed by atoms with van der Waals surface area (Å²) in [5.41, 5.74) is 0.440. The maximum absolute atomic E-state index is 12.6. The largest absolute Gasteiger partial charge is 0.339 e. The summed E-state index contributed by atoms with van der Waals surface area (Å²) in [5, 5.41) is 2.75. The van der Waals surface area contributed by atoms with Crippen molar-refractivity contribution in [2.24, 2.45) is 5.92 Å². The van der Waals surface area contributed by atoms with E-state index in [0.717, 1.165) is 32.6 Å². The molecular weight excluding hydrogens is 382 g/mol. The number of nitrogens with zero attached hydrogens (tertiary/aromatic N) is 1. The summed E-state index contributed by atoms with van der Waals surface area (Å²) in [6.07, 6.45) is 5.67. The maximum Gasteiger partial charge on any atom is 0.264 e. The van der Waals surface area contributed by atoms with Gasteiger partial charge in [0.15, 0.2) is 0 Å². The second-order valence-electron chi connectivity index (χ2n) is 7.41. The molecule has 3 rings (SSSR count). The van der Waals surface area contributed by atoms with Crippen LogP contribution in [0, 0.1) is 5.92 Å². The molecule has 2 aliphatic rings. The second-order valence-corrected chi connectivity index (χ2v) is 9.10. The Balaban J connectivity index is 1.60. The molecule has 8 nitrogen and oxygen atoms in total. The highest BCUT2D eigenvalue weighted by atomic mass is 32.2. The van der Waals surface area contributed by atoms with Crippen LogP contribution in [0.3, 0.4) is 0 Å². The van der Waals surface area contributed by atoms with Gasteiger partial charge in [0, 0.05) is 31.6 Å². The van der Waals surface area contributed by atoms with E-state index < -0.39 is 21.8 Å². The number of sulfonamides is 1. The summed E-state index contributed by atoms with van der Waals surface area (Å²) in [4.78, 5) is 37.6. The summed E-state index contributed by atoms with van der Waals surface area (Å²) in [7, 11) is -3.91. The van der Waals surface area contributed by atoms with Crippen LogP contribution in [0.2, 0.25) is 0 Å². The number of anilines is 1. The number of hydrogen-bond acceptors (Lipinski definition) is 5. The van der Waals surface area contributed by atoms with Crippen molar-refractivity contribution in [3.63, 3.8) is 0 Å². The lowest BCUT2D eigenvalue weighted by Gasteiger charge is -2.31. The van der Waals surface area contributed by atoms with Crippen LogP contribution >= 0.6 is 0 Å². The number of amides is 3. The molecule has 1 aliphatic carbocycles. The van der Waals surface area contributed by atoms with E-state index in [9.17, 15) is 22.8 Å². The lowest BCUT2D eigenvalue weighted by molar-refractivity contribution is -0.130. The van der Waals surface area contributed by atoms with Crippen molar-refractivity contribution in [2.75, 3.05) is 11.9 Å². The highest BCUT2D eigenvalue weighted by Gasteiger charge is 2.38. The van der Waals surface area contributed by atoms with Gasteiger partial charge in [-0.3, -0.25) is 14.4 Å². The van der Waals surface area contributed by atoms with Crippen LogP contribution in [0.1, 0.15) is 45.4 Å². The van der Waals surface area contributed by atoms with Gasteiger partial charge in [0.05, 0.1) is 10.8 Å². The number of likely N-dealkylation sites (tertiary alicyclic amines) is 1. The number of nitrogens with one attached hydrogen (secondary N) is 2. The van der Waals surface area contributed by atoms with Gasteiger partial charge in [-0.05, 0) is 37.1 Å². The Morgan fingerprint density at radius 2 is 1.71 bits per heavy atom. The predicted molar refractivity (Wildman–Crippen MR) is 103 cm³/mol. The Hall–Kier alpha value is -2.42. The van der Waals surface area contributed by atoms with Crippen LogP contribution in [0.4, 0.5) is 5.69 Å². The topological polar surface area (TPSA) is 113 Å². The van der Waals surface area contributed by atoms with Crippen LogP contribution in [-0.4, -0.2) is 43.6 Å². The molecule has 1 aromatic carbocycles. The minimum Gasteiger partial charge on any atom is -0.339 e. The monoisotopic (exact) mass is 407 g/mol. The molecule has 0 radical (unpaired) electrons. The SMILES string of the molecule is CC(=O)NS(=O)(=O)c1ccc(NC(=O)[C@H]2CC(=O)N(C3CCCCC3)C2)cc1. The molecule has 1 atom stereocenters. The Bertz CT molecular complexity index is 860. The molecule has 0 unspecified atom stereocenters. The molecule has 152 valence electrons. The summed E-state index contributed by atoms with van der Waals surface area (Å²) in [6.45, 7) is 1.55. The van der Waals surface area contributed by atoms with E-state index >= 15 is 0 Å².